The highest BCUT2D eigenvalue weighted by molar-refractivity contribution is 7.80. The number of thiocarbonyl (C=S) groups is 1. The highest BCUT2D eigenvalue weighted by Gasteiger charge is 2.53. The molecule has 0 unspecified atom stereocenters. The van der Waals surface area contributed by atoms with Crippen LogP contribution in [0.15, 0.2) is 84.9 Å². The van der Waals surface area contributed by atoms with E-state index >= 15 is 0 Å². The maximum absolute atomic E-state index is 13.9. The second kappa shape index (κ2) is 18.0. The summed E-state index contributed by atoms with van der Waals surface area (Å²) in [4.78, 5) is 52.9. The molecule has 0 bridgehead atoms. The molecule has 15 heteroatoms. The van der Waals surface area contributed by atoms with E-state index in [9.17, 15) is 24.3 Å². The van der Waals surface area contributed by atoms with Crippen molar-refractivity contribution < 1.29 is 38.5 Å². The summed E-state index contributed by atoms with van der Waals surface area (Å²) in [5, 5.41) is 26.1. The van der Waals surface area contributed by atoms with Crippen molar-refractivity contribution in [2.24, 2.45) is 11.7 Å². The van der Waals surface area contributed by atoms with Crippen LogP contribution in [0.1, 0.15) is 32.3 Å². The minimum atomic E-state index is -2.26. The molecule has 1 aliphatic carbocycles. The molecule has 0 heterocycles. The second-order valence-corrected chi connectivity index (χ2v) is 13.0. The number of carbonyl (C=O) groups is 4. The lowest BCUT2D eigenvalue weighted by Gasteiger charge is -2.44. The summed E-state index contributed by atoms with van der Waals surface area (Å²) in [6, 6.07) is 21.6. The molecular formula is C36H44N6O8S. The van der Waals surface area contributed by atoms with E-state index in [1.807, 2.05) is 13.8 Å². The molecule has 0 aromatic heterocycles. The van der Waals surface area contributed by atoms with Crippen LogP contribution in [0.5, 0.6) is 5.75 Å². The standard InChI is InChI=1S/C36H44N6O8S/c1-22(2)21-38-33(51)42-28-19-36(47,32(44)41-27(31(37)43)18-23-14-16-26(48-3)17-15-23)20-29(49-34(45)39-24-10-6-4-7-11-24)30(28)50-35(46)40-25-12-8-5-9-13-25/h4-17,22,27-30,47H,18-21H2,1-3H3,(H2,37,43)(H,39,45)(H,40,46)(H,41,44)(H2,38,42,51)/t27-,28-,29+,30+,36-/m0/s1. The Labute approximate surface area is 301 Å². The predicted molar refractivity (Wildman–Crippen MR) is 195 cm³/mol. The fourth-order valence-corrected chi connectivity index (χ4v) is 5.72. The molecule has 272 valence electrons. The third-order valence-corrected chi connectivity index (χ3v) is 8.32. The van der Waals surface area contributed by atoms with Gasteiger partial charge < -0.3 is 41.0 Å². The van der Waals surface area contributed by atoms with Crippen LogP contribution in [0, 0.1) is 5.92 Å². The fraction of sp³-hybridized carbons (Fsp3) is 0.361. The van der Waals surface area contributed by atoms with Gasteiger partial charge in [-0.05, 0) is 60.1 Å². The molecular weight excluding hydrogens is 676 g/mol. The average molecular weight is 721 g/mol. The topological polar surface area (TPSA) is 202 Å². The lowest BCUT2D eigenvalue weighted by Crippen LogP contribution is -2.66. The fourth-order valence-electron chi connectivity index (χ4n) is 5.48. The van der Waals surface area contributed by atoms with Gasteiger partial charge in [-0.15, -0.1) is 0 Å². The minimum Gasteiger partial charge on any atom is -0.497 e. The minimum absolute atomic E-state index is 0.0246. The first-order chi connectivity index (χ1) is 24.3. The number of methoxy groups -OCH3 is 1. The van der Waals surface area contributed by atoms with Crippen molar-refractivity contribution in [3.05, 3.63) is 90.5 Å². The van der Waals surface area contributed by atoms with Gasteiger partial charge in [0.15, 0.2) is 11.2 Å². The summed E-state index contributed by atoms with van der Waals surface area (Å²) in [6.07, 6.45) is -5.30. The summed E-state index contributed by atoms with van der Waals surface area (Å²) in [5.74, 6) is -0.958. The van der Waals surface area contributed by atoms with E-state index in [2.05, 4.69) is 26.6 Å². The third-order valence-electron chi connectivity index (χ3n) is 8.06. The largest absolute Gasteiger partial charge is 0.497 e. The zero-order valence-corrected chi connectivity index (χ0v) is 29.4. The van der Waals surface area contributed by atoms with Crippen molar-refractivity contribution in [3.63, 3.8) is 0 Å². The van der Waals surface area contributed by atoms with Crippen LogP contribution in [-0.2, 0) is 25.5 Å². The molecule has 0 saturated heterocycles. The van der Waals surface area contributed by atoms with Crippen LogP contribution in [0.3, 0.4) is 0 Å². The Hall–Kier alpha value is -5.41. The van der Waals surface area contributed by atoms with Gasteiger partial charge in [0.1, 0.15) is 23.5 Å². The Morgan fingerprint density at radius 3 is 1.98 bits per heavy atom. The Bertz CT molecular complexity index is 1650. The van der Waals surface area contributed by atoms with Crippen LogP contribution < -0.4 is 37.1 Å². The van der Waals surface area contributed by atoms with Crippen molar-refractivity contribution in [1.82, 2.24) is 16.0 Å². The van der Waals surface area contributed by atoms with Gasteiger partial charge in [-0.25, -0.2) is 9.59 Å². The number of aliphatic hydroxyl groups is 1. The molecule has 1 fully saturated rings. The number of hydrogen-bond donors (Lipinski definition) is 7. The Balaban J connectivity index is 1.63. The molecule has 3 aromatic carbocycles. The summed E-state index contributed by atoms with van der Waals surface area (Å²) in [5.41, 5.74) is 4.96. The normalized spacial score (nSPS) is 20.2. The molecule has 5 atom stereocenters. The molecule has 4 amide bonds. The van der Waals surface area contributed by atoms with Crippen LogP contribution in [0.2, 0.25) is 0 Å². The molecule has 4 rings (SSSR count). The SMILES string of the molecule is COc1ccc(C[C@H](NC(=O)[C@]2(O)C[C@H](NC(=S)NCC(C)C)[C@@H](OC(=O)Nc3ccccc3)[C@H](OC(=O)Nc3ccccc3)C2)C(N)=O)cc1. The molecule has 51 heavy (non-hydrogen) atoms. The van der Waals surface area contributed by atoms with E-state index < -0.39 is 60.3 Å². The number of nitrogens with two attached hydrogens (primary N) is 1. The maximum Gasteiger partial charge on any atom is 0.412 e. The van der Waals surface area contributed by atoms with Crippen molar-refractivity contribution in [2.45, 2.75) is 63.0 Å². The predicted octanol–water partition coefficient (Wildman–Crippen LogP) is 3.46. The quantitative estimate of drug-likeness (QED) is 0.128. The van der Waals surface area contributed by atoms with Gasteiger partial charge in [0.25, 0.3) is 5.91 Å². The van der Waals surface area contributed by atoms with Gasteiger partial charge in [-0.2, -0.15) is 0 Å². The number of hydrogen-bond acceptors (Lipinski definition) is 9. The molecule has 0 spiro atoms. The van der Waals surface area contributed by atoms with Gasteiger partial charge in [-0.1, -0.05) is 62.4 Å². The molecule has 14 nitrogen and oxygen atoms in total. The highest BCUT2D eigenvalue weighted by atomic mass is 32.1. The first-order valence-electron chi connectivity index (χ1n) is 16.4. The summed E-state index contributed by atoms with van der Waals surface area (Å²) in [7, 11) is 1.52. The Kier molecular flexibility index (Phi) is 13.6. The van der Waals surface area contributed by atoms with Crippen molar-refractivity contribution in [3.8, 4) is 5.75 Å². The van der Waals surface area contributed by atoms with Crippen molar-refractivity contribution in [2.75, 3.05) is 24.3 Å². The van der Waals surface area contributed by atoms with Crippen molar-refractivity contribution >= 4 is 52.7 Å². The average Bonchev–Trinajstić information content (AvgIpc) is 3.09. The summed E-state index contributed by atoms with van der Waals surface area (Å²) >= 11 is 5.52. The maximum atomic E-state index is 13.9. The van der Waals surface area contributed by atoms with E-state index in [1.54, 1.807) is 84.9 Å². The molecule has 1 saturated carbocycles. The molecule has 8 N–H and O–H groups in total. The zero-order chi connectivity index (χ0) is 37.0. The number of para-hydroxylation sites is 2. The van der Waals surface area contributed by atoms with Gasteiger partial charge in [0, 0.05) is 37.2 Å². The van der Waals surface area contributed by atoms with E-state index in [0.717, 1.165) is 0 Å². The number of ether oxygens (including phenoxy) is 3. The second-order valence-electron chi connectivity index (χ2n) is 12.6. The first-order valence-corrected chi connectivity index (χ1v) is 16.8. The first kappa shape index (κ1) is 38.4. The molecule has 3 aromatic rings. The monoisotopic (exact) mass is 720 g/mol. The highest BCUT2D eigenvalue weighted by Crippen LogP contribution is 2.34. The molecule has 0 aliphatic heterocycles. The van der Waals surface area contributed by atoms with Crippen LogP contribution in [-0.4, -0.2) is 77.8 Å². The van der Waals surface area contributed by atoms with Crippen LogP contribution >= 0.6 is 12.2 Å². The van der Waals surface area contributed by atoms with Gasteiger partial charge >= 0.3 is 12.2 Å². The molecule has 1 aliphatic rings. The summed E-state index contributed by atoms with van der Waals surface area (Å²) < 4.78 is 16.8. The van der Waals surface area contributed by atoms with E-state index in [4.69, 9.17) is 32.2 Å². The van der Waals surface area contributed by atoms with Gasteiger partial charge in [0.2, 0.25) is 5.91 Å². The number of amides is 4. The van der Waals surface area contributed by atoms with Gasteiger partial charge in [-0.3, -0.25) is 20.2 Å². The van der Waals surface area contributed by atoms with Crippen LogP contribution in [0.25, 0.3) is 0 Å². The molecule has 0 radical (unpaired) electrons. The number of primary amides is 1. The zero-order valence-electron chi connectivity index (χ0n) is 28.6. The van der Waals surface area contributed by atoms with Crippen molar-refractivity contribution in [1.29, 1.82) is 0 Å². The lowest BCUT2D eigenvalue weighted by molar-refractivity contribution is -0.158. The number of carbonyl (C=O) groups excluding carboxylic acids is 4. The third kappa shape index (κ3) is 11.6. The Morgan fingerprint density at radius 1 is 0.882 bits per heavy atom. The van der Waals surface area contributed by atoms with E-state index in [0.29, 0.717) is 29.2 Å². The Morgan fingerprint density at radius 2 is 1.45 bits per heavy atom. The van der Waals surface area contributed by atoms with E-state index in [1.165, 1.54) is 7.11 Å². The smallest absolute Gasteiger partial charge is 0.412 e. The van der Waals surface area contributed by atoms with Crippen LogP contribution in [0.4, 0.5) is 21.0 Å². The number of nitrogens with one attached hydrogen (secondary N) is 5. The lowest BCUT2D eigenvalue weighted by atomic mass is 9.77. The summed E-state index contributed by atoms with van der Waals surface area (Å²) in [6.45, 7) is 4.46. The van der Waals surface area contributed by atoms with E-state index in [-0.39, 0.29) is 23.9 Å². The van der Waals surface area contributed by atoms with Gasteiger partial charge in [0.05, 0.1) is 13.2 Å². The number of rotatable bonds is 13. The number of benzene rings is 3. The number of anilines is 2.